The van der Waals surface area contributed by atoms with Crippen LogP contribution in [0.3, 0.4) is 0 Å². The molecule has 7 nitrogen and oxygen atoms in total. The van der Waals surface area contributed by atoms with Crippen molar-refractivity contribution in [3.8, 4) is 0 Å². The SMILES string of the molecule is CC(C)(C)OC(=O)NC(Cc1cccc(S(=O)(=O)Cl)c1)C(=O)O. The average Bonchev–Trinajstić information content (AvgIpc) is 2.35. The Balaban J connectivity index is 2.89. The Bertz CT molecular complexity index is 695. The number of carbonyl (C=O) groups excluding carboxylic acids is 1. The van der Waals surface area contributed by atoms with Crippen LogP contribution < -0.4 is 5.32 Å². The maximum absolute atomic E-state index is 11.7. The summed E-state index contributed by atoms with van der Waals surface area (Å²) in [6.07, 6.45) is -0.986. The lowest BCUT2D eigenvalue weighted by molar-refractivity contribution is -0.139. The van der Waals surface area contributed by atoms with Crippen molar-refractivity contribution in [2.24, 2.45) is 0 Å². The molecule has 0 aromatic heterocycles. The fourth-order valence-electron chi connectivity index (χ4n) is 1.71. The van der Waals surface area contributed by atoms with E-state index in [9.17, 15) is 23.1 Å². The van der Waals surface area contributed by atoms with Crippen LogP contribution in [0.5, 0.6) is 0 Å². The van der Waals surface area contributed by atoms with Crippen LogP contribution in [-0.4, -0.2) is 37.2 Å². The van der Waals surface area contributed by atoms with E-state index < -0.39 is 32.8 Å². The first kappa shape index (κ1) is 19.2. The van der Waals surface area contributed by atoms with Gasteiger partial charge in [0.2, 0.25) is 0 Å². The number of carboxylic acids is 1. The molecule has 0 radical (unpaired) electrons. The van der Waals surface area contributed by atoms with Gasteiger partial charge in [-0.2, -0.15) is 0 Å². The fraction of sp³-hybridized carbons (Fsp3) is 0.429. The number of nitrogens with one attached hydrogen (secondary N) is 1. The first-order chi connectivity index (χ1) is 10.4. The van der Waals surface area contributed by atoms with E-state index >= 15 is 0 Å². The Morgan fingerprint density at radius 2 is 1.96 bits per heavy atom. The van der Waals surface area contributed by atoms with E-state index in [0.29, 0.717) is 5.56 Å². The first-order valence-electron chi connectivity index (χ1n) is 6.64. The normalized spacial score (nSPS) is 13.2. The third-order valence-corrected chi connectivity index (χ3v) is 3.96. The summed E-state index contributed by atoms with van der Waals surface area (Å²) in [6, 6.07) is 4.27. The van der Waals surface area contributed by atoms with Crippen molar-refractivity contribution in [1.29, 1.82) is 0 Å². The highest BCUT2D eigenvalue weighted by Gasteiger charge is 2.24. The monoisotopic (exact) mass is 363 g/mol. The van der Waals surface area contributed by atoms with Gasteiger partial charge in [-0.15, -0.1) is 0 Å². The second-order valence-electron chi connectivity index (χ2n) is 5.83. The maximum Gasteiger partial charge on any atom is 0.408 e. The molecular formula is C14H18ClNO6S. The van der Waals surface area contributed by atoms with Gasteiger partial charge in [0.15, 0.2) is 0 Å². The molecule has 1 aromatic rings. The van der Waals surface area contributed by atoms with Crippen LogP contribution in [0.25, 0.3) is 0 Å². The van der Waals surface area contributed by atoms with Crippen LogP contribution in [-0.2, 0) is 25.0 Å². The lowest BCUT2D eigenvalue weighted by Crippen LogP contribution is -2.44. The van der Waals surface area contributed by atoms with Crippen molar-refractivity contribution in [2.45, 2.75) is 43.7 Å². The third-order valence-electron chi connectivity index (χ3n) is 2.61. The molecule has 0 bridgehead atoms. The van der Waals surface area contributed by atoms with E-state index in [0.717, 1.165) is 0 Å². The van der Waals surface area contributed by atoms with Crippen molar-refractivity contribution in [2.75, 3.05) is 0 Å². The number of ether oxygens (including phenoxy) is 1. The summed E-state index contributed by atoms with van der Waals surface area (Å²) >= 11 is 0. The lowest BCUT2D eigenvalue weighted by atomic mass is 10.1. The van der Waals surface area contributed by atoms with Gasteiger partial charge in [-0.1, -0.05) is 12.1 Å². The van der Waals surface area contributed by atoms with Crippen molar-refractivity contribution < 1.29 is 27.9 Å². The Kier molecular flexibility index (Phi) is 6.01. The predicted octanol–water partition coefficient (Wildman–Crippen LogP) is 2.13. The molecule has 0 saturated carbocycles. The summed E-state index contributed by atoms with van der Waals surface area (Å²) in [5, 5.41) is 11.4. The summed E-state index contributed by atoms with van der Waals surface area (Å²) in [5.41, 5.74) is -0.366. The molecule has 0 saturated heterocycles. The minimum atomic E-state index is -3.92. The van der Waals surface area contributed by atoms with Gasteiger partial charge in [0, 0.05) is 17.1 Å². The van der Waals surface area contributed by atoms with Crippen LogP contribution in [0.15, 0.2) is 29.2 Å². The standard InChI is InChI=1S/C14H18ClNO6S/c1-14(2,3)22-13(19)16-11(12(17)18)8-9-5-4-6-10(7-9)23(15,20)21/h4-7,11H,8H2,1-3H3,(H,16,19)(H,17,18). The molecule has 23 heavy (non-hydrogen) atoms. The van der Waals surface area contributed by atoms with Gasteiger partial charge >= 0.3 is 12.1 Å². The molecule has 1 amide bonds. The molecule has 0 fully saturated rings. The summed E-state index contributed by atoms with van der Waals surface area (Å²) in [6.45, 7) is 4.95. The van der Waals surface area contributed by atoms with Crippen molar-refractivity contribution in [1.82, 2.24) is 5.32 Å². The summed E-state index contributed by atoms with van der Waals surface area (Å²) in [7, 11) is 1.34. The van der Waals surface area contributed by atoms with Crippen molar-refractivity contribution >= 4 is 31.8 Å². The van der Waals surface area contributed by atoms with Crippen LogP contribution >= 0.6 is 10.7 Å². The number of aliphatic carboxylic acids is 1. The zero-order valence-corrected chi connectivity index (χ0v) is 14.4. The zero-order valence-electron chi connectivity index (χ0n) is 12.9. The highest BCUT2D eigenvalue weighted by molar-refractivity contribution is 8.13. The molecule has 0 spiro atoms. The minimum absolute atomic E-state index is 0.116. The zero-order chi connectivity index (χ0) is 17.8. The molecule has 0 aliphatic carbocycles. The Hall–Kier alpha value is -1.80. The first-order valence-corrected chi connectivity index (χ1v) is 8.95. The third kappa shape index (κ3) is 6.87. The Labute approximate surface area is 139 Å². The molecule has 2 N–H and O–H groups in total. The number of alkyl carbamates (subject to hydrolysis) is 1. The molecule has 128 valence electrons. The molecule has 9 heteroatoms. The van der Waals surface area contributed by atoms with Crippen molar-refractivity contribution in [3.63, 3.8) is 0 Å². The smallest absolute Gasteiger partial charge is 0.408 e. The van der Waals surface area contributed by atoms with Crippen molar-refractivity contribution in [3.05, 3.63) is 29.8 Å². The number of amides is 1. The quantitative estimate of drug-likeness (QED) is 0.775. The van der Waals surface area contributed by atoms with Crippen LogP contribution in [0.4, 0.5) is 4.79 Å². The largest absolute Gasteiger partial charge is 0.480 e. The molecular weight excluding hydrogens is 346 g/mol. The highest BCUT2D eigenvalue weighted by atomic mass is 35.7. The number of hydrogen-bond acceptors (Lipinski definition) is 5. The van der Waals surface area contributed by atoms with Gasteiger partial charge < -0.3 is 15.2 Å². The van der Waals surface area contributed by atoms with Crippen LogP contribution in [0.2, 0.25) is 0 Å². The topological polar surface area (TPSA) is 110 Å². The summed E-state index contributed by atoms with van der Waals surface area (Å²) in [5.74, 6) is -1.27. The van der Waals surface area contributed by atoms with Gasteiger partial charge in [-0.3, -0.25) is 0 Å². The maximum atomic E-state index is 11.7. The molecule has 1 unspecified atom stereocenters. The van der Waals surface area contributed by atoms with E-state index in [1.54, 1.807) is 20.8 Å². The molecule has 0 aliphatic heterocycles. The number of carboxylic acid groups (broad SMARTS) is 1. The van der Waals surface area contributed by atoms with E-state index in [2.05, 4.69) is 5.32 Å². The molecule has 0 aliphatic rings. The number of benzene rings is 1. The van der Waals surface area contributed by atoms with Crippen LogP contribution in [0.1, 0.15) is 26.3 Å². The van der Waals surface area contributed by atoms with Gasteiger partial charge in [-0.05, 0) is 38.5 Å². The highest BCUT2D eigenvalue weighted by Crippen LogP contribution is 2.17. The van der Waals surface area contributed by atoms with E-state index in [4.69, 9.17) is 15.4 Å². The molecule has 1 rings (SSSR count). The van der Waals surface area contributed by atoms with E-state index in [1.165, 1.54) is 24.3 Å². The summed E-state index contributed by atoms with van der Waals surface area (Å²) in [4.78, 5) is 22.8. The number of carbonyl (C=O) groups is 2. The number of rotatable bonds is 5. The predicted molar refractivity (Wildman–Crippen MR) is 84.0 cm³/mol. The van der Waals surface area contributed by atoms with Crippen LogP contribution in [0, 0.1) is 0 Å². The van der Waals surface area contributed by atoms with E-state index in [1.807, 2.05) is 0 Å². The summed E-state index contributed by atoms with van der Waals surface area (Å²) < 4.78 is 27.6. The van der Waals surface area contributed by atoms with Gasteiger partial charge in [0.1, 0.15) is 11.6 Å². The number of halogens is 1. The fourth-order valence-corrected chi connectivity index (χ4v) is 2.53. The lowest BCUT2D eigenvalue weighted by Gasteiger charge is -2.22. The second kappa shape index (κ2) is 7.18. The van der Waals surface area contributed by atoms with Gasteiger partial charge in [-0.25, -0.2) is 18.0 Å². The molecule has 1 aromatic carbocycles. The van der Waals surface area contributed by atoms with E-state index in [-0.39, 0.29) is 11.3 Å². The van der Waals surface area contributed by atoms with Gasteiger partial charge in [0.05, 0.1) is 4.90 Å². The molecule has 1 atom stereocenters. The molecule has 0 heterocycles. The number of hydrogen-bond donors (Lipinski definition) is 2. The average molecular weight is 364 g/mol. The minimum Gasteiger partial charge on any atom is -0.480 e. The Morgan fingerprint density at radius 3 is 2.43 bits per heavy atom. The Morgan fingerprint density at radius 1 is 1.35 bits per heavy atom. The second-order valence-corrected chi connectivity index (χ2v) is 8.39. The van der Waals surface area contributed by atoms with Gasteiger partial charge in [0.25, 0.3) is 9.05 Å².